The van der Waals surface area contributed by atoms with Crippen LogP contribution in [0.1, 0.15) is 12.5 Å². The highest BCUT2D eigenvalue weighted by molar-refractivity contribution is 7.88. The van der Waals surface area contributed by atoms with Crippen molar-refractivity contribution in [2.75, 3.05) is 19.3 Å². The maximum atomic E-state index is 12.9. The molecular formula is C19H20N6O3S. The Morgan fingerprint density at radius 2 is 1.97 bits per heavy atom. The van der Waals surface area contributed by atoms with Crippen LogP contribution in [0.2, 0.25) is 0 Å². The van der Waals surface area contributed by atoms with Crippen LogP contribution in [0.5, 0.6) is 0 Å². The molecule has 1 aliphatic rings. The van der Waals surface area contributed by atoms with Crippen LogP contribution < -0.4 is 5.69 Å². The van der Waals surface area contributed by atoms with E-state index in [1.807, 2.05) is 36.5 Å². The van der Waals surface area contributed by atoms with Crippen LogP contribution in [0.3, 0.4) is 0 Å². The van der Waals surface area contributed by atoms with Crippen LogP contribution in [0.4, 0.5) is 0 Å². The van der Waals surface area contributed by atoms with Gasteiger partial charge in [-0.3, -0.25) is 9.13 Å². The first kappa shape index (κ1) is 18.1. The first-order valence-corrected chi connectivity index (χ1v) is 11.2. The Morgan fingerprint density at radius 1 is 1.14 bits per heavy atom. The van der Waals surface area contributed by atoms with Crippen LogP contribution in [-0.2, 0) is 17.1 Å². The van der Waals surface area contributed by atoms with Gasteiger partial charge in [0, 0.05) is 31.9 Å². The number of aryl methyl sites for hydroxylation is 1. The molecule has 1 atom stereocenters. The molecule has 1 fully saturated rings. The molecule has 4 aromatic rings. The van der Waals surface area contributed by atoms with Gasteiger partial charge in [-0.15, -0.1) is 0 Å². The van der Waals surface area contributed by atoms with Gasteiger partial charge in [0.2, 0.25) is 10.0 Å². The topological polar surface area (TPSA) is 94.5 Å². The van der Waals surface area contributed by atoms with Gasteiger partial charge in [0.15, 0.2) is 5.65 Å². The van der Waals surface area contributed by atoms with E-state index < -0.39 is 10.0 Å². The lowest BCUT2D eigenvalue weighted by molar-refractivity contribution is 0.453. The fourth-order valence-electron chi connectivity index (χ4n) is 4.07. The number of aromatic nitrogens is 5. The molecule has 0 amide bonds. The number of hydrogen-bond acceptors (Lipinski definition) is 5. The summed E-state index contributed by atoms with van der Waals surface area (Å²) in [5.41, 5.74) is 3.60. The fraction of sp³-hybridized carbons (Fsp3) is 0.316. The first-order valence-electron chi connectivity index (χ1n) is 9.30. The molecule has 5 rings (SSSR count). The van der Waals surface area contributed by atoms with Crippen molar-refractivity contribution in [1.82, 2.24) is 28.0 Å². The van der Waals surface area contributed by atoms with Crippen molar-refractivity contribution in [2.24, 2.45) is 7.05 Å². The summed E-state index contributed by atoms with van der Waals surface area (Å²) in [4.78, 5) is 17.7. The molecule has 29 heavy (non-hydrogen) atoms. The highest BCUT2D eigenvalue weighted by Gasteiger charge is 2.32. The van der Waals surface area contributed by atoms with Gasteiger partial charge >= 0.3 is 5.69 Å². The zero-order valence-corrected chi connectivity index (χ0v) is 16.9. The maximum Gasteiger partial charge on any atom is 0.330 e. The third kappa shape index (κ3) is 2.78. The van der Waals surface area contributed by atoms with Crippen LogP contribution in [-0.4, -0.2) is 55.8 Å². The summed E-state index contributed by atoms with van der Waals surface area (Å²) in [6.45, 7) is 0.681. The molecule has 0 bridgehead atoms. The number of rotatable bonds is 3. The predicted octanol–water partition coefficient (Wildman–Crippen LogP) is 1.26. The Hall–Kier alpha value is -2.98. The van der Waals surface area contributed by atoms with Crippen molar-refractivity contribution < 1.29 is 8.42 Å². The normalized spacial score (nSPS) is 18.2. The Balaban J connectivity index is 1.67. The Kier molecular flexibility index (Phi) is 3.90. The van der Waals surface area contributed by atoms with E-state index in [1.165, 1.54) is 10.6 Å². The van der Waals surface area contributed by atoms with Gasteiger partial charge in [-0.05, 0) is 30.7 Å². The highest BCUT2D eigenvalue weighted by atomic mass is 32.2. The lowest BCUT2D eigenvalue weighted by Crippen LogP contribution is -2.31. The zero-order valence-electron chi connectivity index (χ0n) is 16.1. The molecule has 1 aliphatic heterocycles. The summed E-state index contributed by atoms with van der Waals surface area (Å²) in [7, 11) is -1.58. The predicted molar refractivity (Wildman–Crippen MR) is 109 cm³/mol. The van der Waals surface area contributed by atoms with Gasteiger partial charge < -0.3 is 0 Å². The van der Waals surface area contributed by atoms with E-state index >= 15 is 0 Å². The van der Waals surface area contributed by atoms with E-state index in [0.29, 0.717) is 24.1 Å². The number of fused-ring (bicyclic) bond motifs is 2. The lowest BCUT2D eigenvalue weighted by Gasteiger charge is -2.14. The molecule has 0 radical (unpaired) electrons. The zero-order chi connectivity index (χ0) is 20.3. The van der Waals surface area contributed by atoms with Crippen molar-refractivity contribution in [3.05, 3.63) is 53.2 Å². The second-order valence-corrected chi connectivity index (χ2v) is 9.39. The second-order valence-electron chi connectivity index (χ2n) is 7.40. The van der Waals surface area contributed by atoms with Gasteiger partial charge in [-0.2, -0.15) is 5.10 Å². The summed E-state index contributed by atoms with van der Waals surface area (Å²) in [6.07, 6.45) is 5.40. The molecule has 150 valence electrons. The molecule has 0 saturated carbocycles. The minimum Gasteiger partial charge on any atom is -0.293 e. The lowest BCUT2D eigenvalue weighted by atomic mass is 10.2. The van der Waals surface area contributed by atoms with E-state index in [1.54, 1.807) is 26.9 Å². The molecule has 0 aromatic carbocycles. The smallest absolute Gasteiger partial charge is 0.293 e. The van der Waals surface area contributed by atoms with Crippen LogP contribution >= 0.6 is 0 Å². The van der Waals surface area contributed by atoms with Gasteiger partial charge in [0.05, 0.1) is 35.2 Å². The van der Waals surface area contributed by atoms with E-state index in [4.69, 9.17) is 4.98 Å². The number of sulfonamides is 1. The third-order valence-electron chi connectivity index (χ3n) is 5.60. The van der Waals surface area contributed by atoms with Crippen molar-refractivity contribution in [3.63, 3.8) is 0 Å². The van der Waals surface area contributed by atoms with Crippen LogP contribution in [0.25, 0.3) is 27.9 Å². The van der Waals surface area contributed by atoms with Crippen molar-refractivity contribution >= 4 is 26.7 Å². The molecule has 0 spiro atoms. The summed E-state index contributed by atoms with van der Waals surface area (Å²) in [6, 6.07) is 9.33. The molecule has 10 heteroatoms. The molecule has 4 aromatic heterocycles. The van der Waals surface area contributed by atoms with Crippen LogP contribution in [0.15, 0.2) is 47.5 Å². The average molecular weight is 412 g/mol. The van der Waals surface area contributed by atoms with Crippen molar-refractivity contribution in [3.8, 4) is 11.3 Å². The molecule has 1 saturated heterocycles. The number of nitrogens with zero attached hydrogens (tertiary/aromatic N) is 6. The minimum atomic E-state index is -3.29. The van der Waals surface area contributed by atoms with E-state index in [0.717, 1.165) is 16.8 Å². The molecule has 0 aliphatic carbocycles. The quantitative estimate of drug-likeness (QED) is 0.505. The summed E-state index contributed by atoms with van der Waals surface area (Å²) >= 11 is 0. The van der Waals surface area contributed by atoms with Gasteiger partial charge in [0.1, 0.15) is 0 Å². The standard InChI is InChI=1S/C19H20N6O3S/c1-22-17-7-6-15(14-11-20-24-9-4-3-5-16(14)24)21-18(17)25(19(22)26)13-8-10-23(12-13)29(2,27)28/h3-7,9,11,13H,8,10,12H2,1-2H3. The van der Waals surface area contributed by atoms with Crippen molar-refractivity contribution in [1.29, 1.82) is 0 Å². The average Bonchev–Trinajstić information content (AvgIpc) is 3.39. The van der Waals surface area contributed by atoms with Gasteiger partial charge in [0.25, 0.3) is 0 Å². The Labute approximate surface area is 166 Å². The Morgan fingerprint density at radius 3 is 2.72 bits per heavy atom. The molecule has 0 N–H and O–H groups in total. The molecule has 1 unspecified atom stereocenters. The van der Waals surface area contributed by atoms with Gasteiger partial charge in [-0.25, -0.2) is 27.0 Å². The fourth-order valence-corrected chi connectivity index (χ4v) is 4.95. The number of pyridine rings is 2. The largest absolute Gasteiger partial charge is 0.330 e. The monoisotopic (exact) mass is 412 g/mol. The SMILES string of the molecule is Cn1c(=O)n(C2CCN(S(C)(=O)=O)C2)c2nc(-c3cnn4ccccc34)ccc21. The number of hydrogen-bond donors (Lipinski definition) is 0. The molecule has 5 heterocycles. The summed E-state index contributed by atoms with van der Waals surface area (Å²) in [5, 5.41) is 4.36. The second kappa shape index (κ2) is 6.26. The molecule has 9 nitrogen and oxygen atoms in total. The van der Waals surface area contributed by atoms with Gasteiger partial charge in [-0.1, -0.05) is 6.07 Å². The van der Waals surface area contributed by atoms with E-state index in [9.17, 15) is 13.2 Å². The summed E-state index contributed by atoms with van der Waals surface area (Å²) < 4.78 is 30.2. The van der Waals surface area contributed by atoms with E-state index in [-0.39, 0.29) is 18.3 Å². The maximum absolute atomic E-state index is 12.9. The Bertz CT molecular complexity index is 1420. The minimum absolute atomic E-state index is 0.190. The molecular weight excluding hydrogens is 392 g/mol. The summed E-state index contributed by atoms with van der Waals surface area (Å²) in [5.74, 6) is 0. The van der Waals surface area contributed by atoms with Crippen molar-refractivity contribution in [2.45, 2.75) is 12.5 Å². The number of imidazole rings is 1. The highest BCUT2D eigenvalue weighted by Crippen LogP contribution is 2.28. The van der Waals surface area contributed by atoms with Crippen LogP contribution in [0, 0.1) is 0 Å². The third-order valence-corrected chi connectivity index (χ3v) is 6.87. The first-order chi connectivity index (χ1) is 13.8. The van der Waals surface area contributed by atoms with E-state index in [2.05, 4.69) is 5.10 Å².